The van der Waals surface area contributed by atoms with Crippen LogP contribution in [0.2, 0.25) is 0 Å². The van der Waals surface area contributed by atoms with Gasteiger partial charge in [-0.05, 0) is 57.1 Å². The fourth-order valence-corrected chi connectivity index (χ4v) is 8.16. The lowest BCUT2D eigenvalue weighted by molar-refractivity contribution is -0.100. The topological polar surface area (TPSA) is 97.8 Å². The van der Waals surface area contributed by atoms with E-state index in [1.165, 1.54) is 18.4 Å². The van der Waals surface area contributed by atoms with Crippen molar-refractivity contribution >= 4 is 37.7 Å². The van der Waals surface area contributed by atoms with Crippen LogP contribution in [0.4, 0.5) is 13.6 Å². The van der Waals surface area contributed by atoms with Gasteiger partial charge in [-0.25, -0.2) is 31.7 Å². The number of rotatable bonds is 6. The molecular formula is C23H29F2N3O5S2. The molecule has 8 nitrogen and oxygen atoms in total. The second kappa shape index (κ2) is 8.89. The summed E-state index contributed by atoms with van der Waals surface area (Å²) in [5.41, 5.74) is -0.0724. The lowest BCUT2D eigenvalue weighted by Crippen LogP contribution is -2.54. The zero-order valence-electron chi connectivity index (χ0n) is 19.8. The van der Waals surface area contributed by atoms with Crippen LogP contribution in [0.15, 0.2) is 12.1 Å². The maximum Gasteiger partial charge on any atom is 0.410 e. The van der Waals surface area contributed by atoms with Crippen molar-refractivity contribution in [3.05, 3.63) is 28.8 Å². The Hall–Kier alpha value is -1.89. The van der Waals surface area contributed by atoms with Crippen LogP contribution < -0.4 is 4.72 Å². The zero-order chi connectivity index (χ0) is 25.1. The van der Waals surface area contributed by atoms with Gasteiger partial charge < -0.3 is 9.47 Å². The molecule has 35 heavy (non-hydrogen) atoms. The fraction of sp³-hybridized carbons (Fsp3) is 0.652. The van der Waals surface area contributed by atoms with Gasteiger partial charge in [0.1, 0.15) is 16.3 Å². The first kappa shape index (κ1) is 24.8. The minimum Gasteiger partial charge on any atom is -0.453 e. The number of hydrogen-bond donors (Lipinski definition) is 1. The van der Waals surface area contributed by atoms with E-state index in [1.807, 2.05) is 6.92 Å². The molecular weight excluding hydrogens is 500 g/mol. The van der Waals surface area contributed by atoms with Crippen LogP contribution in [0.1, 0.15) is 44.0 Å². The van der Waals surface area contributed by atoms with Gasteiger partial charge in [-0.2, -0.15) is 0 Å². The molecule has 1 aliphatic heterocycles. The maximum absolute atomic E-state index is 14.2. The molecule has 1 N–H and O–H groups in total. The van der Waals surface area contributed by atoms with Crippen LogP contribution in [0, 0.1) is 17.6 Å². The fourth-order valence-electron chi connectivity index (χ4n) is 6.14. The number of carbonyl (C=O) groups excluding carboxylic acids is 1. The molecule has 3 saturated carbocycles. The Bertz CT molecular complexity index is 1200. The van der Waals surface area contributed by atoms with Gasteiger partial charge in [0.25, 0.3) is 0 Å². The average molecular weight is 530 g/mol. The summed E-state index contributed by atoms with van der Waals surface area (Å²) in [6, 6.07) is 1.11. The van der Waals surface area contributed by atoms with Gasteiger partial charge >= 0.3 is 6.09 Å². The van der Waals surface area contributed by atoms with E-state index < -0.39 is 39.8 Å². The number of hydrogen-bond acceptors (Lipinski definition) is 7. The number of ether oxygens (including phenoxy) is 2. The number of halogens is 2. The number of likely N-dealkylation sites (tertiary alicyclic amines) is 1. The van der Waals surface area contributed by atoms with Crippen LogP contribution in [0.3, 0.4) is 0 Å². The SMILES string of the molecule is COC(=O)N1[C@H](C)C[C@H](NS(C)(=O)=O)[C@@H]1COC1CCC2(c3nc4c(F)ccc(F)c4s3)CC1C2. The minimum atomic E-state index is -3.47. The van der Waals surface area contributed by atoms with Crippen molar-refractivity contribution in [3.63, 3.8) is 0 Å². The van der Waals surface area contributed by atoms with E-state index in [0.29, 0.717) is 6.42 Å². The van der Waals surface area contributed by atoms with Gasteiger partial charge in [-0.1, -0.05) is 0 Å². The van der Waals surface area contributed by atoms with Crippen LogP contribution in [-0.2, 0) is 24.9 Å². The molecule has 1 aromatic carbocycles. The quantitative estimate of drug-likeness (QED) is 0.615. The molecule has 12 heteroatoms. The molecule has 4 atom stereocenters. The number of fused-ring (bicyclic) bond motifs is 3. The van der Waals surface area contributed by atoms with E-state index in [9.17, 15) is 22.0 Å². The van der Waals surface area contributed by atoms with E-state index >= 15 is 0 Å². The normalized spacial score (nSPS) is 32.6. The Morgan fingerprint density at radius 3 is 2.63 bits per heavy atom. The lowest BCUT2D eigenvalue weighted by Gasteiger charge is -2.54. The average Bonchev–Trinajstić information content (AvgIpc) is 3.35. The highest BCUT2D eigenvalue weighted by atomic mass is 32.2. The summed E-state index contributed by atoms with van der Waals surface area (Å²) in [4.78, 5) is 18.4. The summed E-state index contributed by atoms with van der Waals surface area (Å²) < 4.78 is 66.2. The second-order valence-electron chi connectivity index (χ2n) is 10.1. The van der Waals surface area contributed by atoms with Crippen molar-refractivity contribution in [2.45, 2.75) is 68.7 Å². The van der Waals surface area contributed by atoms with Crippen LogP contribution in [0.5, 0.6) is 0 Å². The zero-order valence-corrected chi connectivity index (χ0v) is 21.4. The number of methoxy groups -OCH3 is 1. The van der Waals surface area contributed by atoms with Gasteiger partial charge in [0.05, 0.1) is 36.8 Å². The third kappa shape index (κ3) is 4.42. The molecule has 4 aliphatic rings. The predicted octanol–water partition coefficient (Wildman–Crippen LogP) is 3.55. The summed E-state index contributed by atoms with van der Waals surface area (Å²) in [6.07, 6.45) is 4.24. The maximum atomic E-state index is 14.2. The van der Waals surface area contributed by atoms with Crippen molar-refractivity contribution in [1.29, 1.82) is 0 Å². The van der Waals surface area contributed by atoms with Gasteiger partial charge in [-0.3, -0.25) is 4.90 Å². The Kier molecular flexibility index (Phi) is 6.30. The molecule has 4 fully saturated rings. The van der Waals surface area contributed by atoms with Crippen molar-refractivity contribution in [3.8, 4) is 0 Å². The standard InChI is InChI=1S/C23H29F2N3O5S2/c1-12-8-16(27-35(3,30)31)17(28(12)22(29)32-2)11-33-18-6-7-23(9-13(18)10-23)21-26-19-14(24)4-5-15(25)20(19)34-21/h4-5,12-13,16-18,27H,6-11H2,1-3H3/t12-,13?,16+,17+,18?,23?/m1/s1. The van der Waals surface area contributed by atoms with Crippen LogP contribution in [-0.4, -0.2) is 68.6 Å². The van der Waals surface area contributed by atoms with Gasteiger partial charge in [0.2, 0.25) is 10.0 Å². The first-order valence-electron chi connectivity index (χ1n) is 11.7. The minimum absolute atomic E-state index is 0.0333. The molecule has 1 amide bonds. The first-order chi connectivity index (χ1) is 16.5. The Balaban J connectivity index is 1.27. The summed E-state index contributed by atoms with van der Waals surface area (Å²) in [7, 11) is -2.16. The Morgan fingerprint density at radius 2 is 2.03 bits per heavy atom. The van der Waals surface area contributed by atoms with Gasteiger partial charge in [0, 0.05) is 17.5 Å². The van der Waals surface area contributed by atoms with Crippen molar-refractivity contribution in [2.75, 3.05) is 20.0 Å². The van der Waals surface area contributed by atoms with Crippen LogP contribution >= 0.6 is 11.3 Å². The second-order valence-corrected chi connectivity index (χ2v) is 12.9. The molecule has 192 valence electrons. The molecule has 0 spiro atoms. The highest BCUT2D eigenvalue weighted by Crippen LogP contribution is 2.58. The molecule has 1 unspecified atom stereocenters. The molecule has 1 saturated heterocycles. The smallest absolute Gasteiger partial charge is 0.410 e. The van der Waals surface area contributed by atoms with E-state index in [-0.39, 0.29) is 40.3 Å². The number of sulfonamides is 1. The molecule has 1 aromatic heterocycles. The monoisotopic (exact) mass is 529 g/mol. The summed E-state index contributed by atoms with van der Waals surface area (Å²) in [5, 5.41) is 0.783. The van der Waals surface area contributed by atoms with Crippen LogP contribution in [0.25, 0.3) is 10.2 Å². The molecule has 2 bridgehead atoms. The summed E-state index contributed by atoms with van der Waals surface area (Å²) >= 11 is 1.24. The number of benzene rings is 1. The lowest BCUT2D eigenvalue weighted by atomic mass is 9.53. The molecule has 2 aromatic rings. The Labute approximate surface area is 207 Å². The number of nitrogens with zero attached hydrogens (tertiary/aromatic N) is 2. The Morgan fingerprint density at radius 1 is 1.31 bits per heavy atom. The molecule has 6 rings (SSSR count). The summed E-state index contributed by atoms with van der Waals surface area (Å²) in [6.45, 7) is 2.05. The highest BCUT2D eigenvalue weighted by Gasteiger charge is 2.55. The third-order valence-corrected chi connectivity index (χ3v) is 9.80. The number of amides is 1. The van der Waals surface area contributed by atoms with Crippen molar-refractivity contribution < 1.29 is 31.5 Å². The third-order valence-electron chi connectivity index (χ3n) is 7.76. The molecule has 2 heterocycles. The molecule has 3 aliphatic carbocycles. The van der Waals surface area contributed by atoms with Gasteiger partial charge in [-0.15, -0.1) is 11.3 Å². The van der Waals surface area contributed by atoms with Crippen molar-refractivity contribution in [2.24, 2.45) is 5.92 Å². The first-order valence-corrected chi connectivity index (χ1v) is 14.4. The largest absolute Gasteiger partial charge is 0.453 e. The predicted molar refractivity (Wildman–Crippen MR) is 127 cm³/mol. The van der Waals surface area contributed by atoms with E-state index in [2.05, 4.69) is 9.71 Å². The molecule has 0 radical (unpaired) electrons. The van der Waals surface area contributed by atoms with Gasteiger partial charge in [0.15, 0.2) is 5.82 Å². The van der Waals surface area contributed by atoms with Crippen molar-refractivity contribution in [1.82, 2.24) is 14.6 Å². The van der Waals surface area contributed by atoms with E-state index in [4.69, 9.17) is 9.47 Å². The number of carbonyl (C=O) groups is 1. The number of nitrogens with one attached hydrogen (secondary N) is 1. The summed E-state index contributed by atoms with van der Waals surface area (Å²) in [5.74, 6) is -0.684. The van der Waals surface area contributed by atoms with E-state index in [1.54, 1.807) is 4.90 Å². The number of aromatic nitrogens is 1. The van der Waals surface area contributed by atoms with E-state index in [0.717, 1.165) is 49.1 Å². The number of thiazole rings is 1. The highest BCUT2D eigenvalue weighted by molar-refractivity contribution is 7.88.